The highest BCUT2D eigenvalue weighted by atomic mass is 16.5. The second-order valence-electron chi connectivity index (χ2n) is 10.3. The van der Waals surface area contributed by atoms with Gasteiger partial charge in [0.25, 0.3) is 0 Å². The number of ether oxygens (including phenoxy) is 3. The van der Waals surface area contributed by atoms with E-state index < -0.39 is 47.5 Å². The molecule has 4 unspecified atom stereocenters. The molecule has 1 aliphatic carbocycles. The Balaban J connectivity index is 3.03. The maximum absolute atomic E-state index is 12.9. The van der Waals surface area contributed by atoms with Crippen molar-refractivity contribution >= 4 is 23.9 Å². The highest BCUT2D eigenvalue weighted by molar-refractivity contribution is 5.87. The third kappa shape index (κ3) is 10.1. The van der Waals surface area contributed by atoms with Gasteiger partial charge in [-0.2, -0.15) is 0 Å². The Morgan fingerprint density at radius 1 is 0.606 bits per heavy atom. The van der Waals surface area contributed by atoms with Crippen molar-refractivity contribution in [3.05, 3.63) is 0 Å². The summed E-state index contributed by atoms with van der Waals surface area (Å²) in [4.78, 5) is 50.4. The van der Waals surface area contributed by atoms with E-state index in [4.69, 9.17) is 14.2 Å². The van der Waals surface area contributed by atoms with Crippen LogP contribution in [-0.4, -0.2) is 48.8 Å². The number of rotatable bonds is 13. The van der Waals surface area contributed by atoms with E-state index in [1.807, 2.05) is 41.5 Å². The third-order valence-electron chi connectivity index (χ3n) is 6.03. The van der Waals surface area contributed by atoms with E-state index >= 15 is 0 Å². The van der Waals surface area contributed by atoms with E-state index in [9.17, 15) is 24.3 Å². The van der Waals surface area contributed by atoms with Gasteiger partial charge in [0.1, 0.15) is 0 Å². The van der Waals surface area contributed by atoms with E-state index in [0.717, 1.165) is 0 Å². The first-order valence-corrected chi connectivity index (χ1v) is 12.2. The van der Waals surface area contributed by atoms with Crippen molar-refractivity contribution in [3.8, 4) is 0 Å². The summed E-state index contributed by atoms with van der Waals surface area (Å²) in [6.07, 6.45) is 1.71. The molecule has 4 atom stereocenters. The summed E-state index contributed by atoms with van der Waals surface area (Å²) in [7, 11) is 0. The lowest BCUT2D eigenvalue weighted by molar-refractivity contribution is -0.174. The molecule has 1 fully saturated rings. The van der Waals surface area contributed by atoms with Crippen LogP contribution in [0.25, 0.3) is 0 Å². The molecule has 190 valence electrons. The molecule has 1 aliphatic rings. The highest BCUT2D eigenvalue weighted by Gasteiger charge is 2.50. The first-order valence-electron chi connectivity index (χ1n) is 12.2. The zero-order valence-electron chi connectivity index (χ0n) is 21.0. The van der Waals surface area contributed by atoms with Crippen molar-refractivity contribution in [2.45, 2.75) is 73.6 Å². The average molecular weight is 471 g/mol. The quantitative estimate of drug-likeness (QED) is 0.316. The third-order valence-corrected chi connectivity index (χ3v) is 6.03. The summed E-state index contributed by atoms with van der Waals surface area (Å²) in [5.74, 6) is -6.10. The molecule has 0 aromatic carbocycles. The zero-order valence-corrected chi connectivity index (χ0v) is 21.0. The largest absolute Gasteiger partial charge is 0.481 e. The molecule has 0 aromatic heterocycles. The van der Waals surface area contributed by atoms with Crippen LogP contribution in [-0.2, 0) is 33.4 Å². The molecule has 0 bridgehead atoms. The van der Waals surface area contributed by atoms with Crippen molar-refractivity contribution in [1.29, 1.82) is 0 Å². The van der Waals surface area contributed by atoms with Crippen LogP contribution >= 0.6 is 0 Å². The zero-order chi connectivity index (χ0) is 25.1. The summed E-state index contributed by atoms with van der Waals surface area (Å²) in [5, 5.41) is 9.77. The van der Waals surface area contributed by atoms with Gasteiger partial charge in [-0.05, 0) is 49.9 Å². The number of esters is 3. The van der Waals surface area contributed by atoms with Gasteiger partial charge in [-0.3, -0.25) is 19.2 Å². The normalized spacial score (nSPS) is 22.9. The second kappa shape index (κ2) is 14.2. The van der Waals surface area contributed by atoms with Crippen LogP contribution in [0.4, 0.5) is 0 Å². The Hall–Kier alpha value is -2.12. The Kier molecular flexibility index (Phi) is 12.4. The van der Waals surface area contributed by atoms with E-state index in [1.165, 1.54) is 0 Å². The lowest BCUT2D eigenvalue weighted by Gasteiger charge is -2.36. The molecule has 0 saturated heterocycles. The first-order chi connectivity index (χ1) is 15.4. The lowest BCUT2D eigenvalue weighted by Crippen LogP contribution is -2.46. The summed E-state index contributed by atoms with van der Waals surface area (Å²) in [6, 6.07) is 0. The van der Waals surface area contributed by atoms with Crippen LogP contribution in [0.15, 0.2) is 0 Å². The fourth-order valence-electron chi connectivity index (χ4n) is 3.77. The van der Waals surface area contributed by atoms with Crippen LogP contribution in [0.1, 0.15) is 73.6 Å². The predicted molar refractivity (Wildman–Crippen MR) is 122 cm³/mol. The van der Waals surface area contributed by atoms with Gasteiger partial charge >= 0.3 is 23.9 Å². The summed E-state index contributed by atoms with van der Waals surface area (Å²) in [6.45, 7) is 12.6. The van der Waals surface area contributed by atoms with E-state index in [1.54, 1.807) is 0 Å². The molecule has 8 nitrogen and oxygen atoms in total. The van der Waals surface area contributed by atoms with Crippen LogP contribution in [0.3, 0.4) is 0 Å². The Morgan fingerprint density at radius 2 is 0.879 bits per heavy atom. The van der Waals surface area contributed by atoms with Gasteiger partial charge in [0.15, 0.2) is 0 Å². The van der Waals surface area contributed by atoms with Crippen molar-refractivity contribution in [2.24, 2.45) is 41.4 Å². The highest BCUT2D eigenvalue weighted by Crippen LogP contribution is 2.40. The molecule has 8 heteroatoms. The molecule has 1 N–H and O–H groups in total. The molecular weight excluding hydrogens is 428 g/mol. The molecule has 0 heterocycles. The number of aliphatic carboxylic acids is 1. The number of hydrogen-bond donors (Lipinski definition) is 1. The standard InChI is InChI=1S/C25H42O8/c1-15(2)7-10-31-23(28)19-14-21(25(30)33-12-9-17(5)6)20(13-18(19)22(26)27)24(29)32-11-8-16(3)4/h15-21H,7-14H2,1-6H3,(H,26,27). The minimum absolute atomic E-state index is 0.109. The van der Waals surface area contributed by atoms with E-state index in [0.29, 0.717) is 37.0 Å². The average Bonchev–Trinajstić information content (AvgIpc) is 2.71. The monoisotopic (exact) mass is 470 g/mol. The van der Waals surface area contributed by atoms with Gasteiger partial charge in [0.05, 0.1) is 43.5 Å². The molecule has 0 aromatic rings. The minimum Gasteiger partial charge on any atom is -0.481 e. The molecule has 0 radical (unpaired) electrons. The van der Waals surface area contributed by atoms with Gasteiger partial charge in [-0.1, -0.05) is 41.5 Å². The van der Waals surface area contributed by atoms with Gasteiger partial charge in [0, 0.05) is 0 Å². The Bertz CT molecular complexity index is 655. The van der Waals surface area contributed by atoms with Crippen molar-refractivity contribution in [1.82, 2.24) is 0 Å². The lowest BCUT2D eigenvalue weighted by atomic mass is 9.68. The van der Waals surface area contributed by atoms with Gasteiger partial charge in [-0.15, -0.1) is 0 Å². The Morgan fingerprint density at radius 3 is 1.15 bits per heavy atom. The smallest absolute Gasteiger partial charge is 0.309 e. The summed E-state index contributed by atoms with van der Waals surface area (Å²) < 4.78 is 16.1. The van der Waals surface area contributed by atoms with E-state index in [-0.39, 0.29) is 32.7 Å². The SMILES string of the molecule is CC(C)CCOC(=O)C1CC(C(=O)OCCC(C)C)C(C(=O)OCCC(C)C)CC1C(=O)O. The molecule has 0 amide bonds. The minimum atomic E-state index is -1.19. The molecule has 1 rings (SSSR count). The molecule has 33 heavy (non-hydrogen) atoms. The van der Waals surface area contributed by atoms with Gasteiger partial charge < -0.3 is 19.3 Å². The van der Waals surface area contributed by atoms with Gasteiger partial charge in [-0.25, -0.2) is 0 Å². The maximum atomic E-state index is 12.9. The molecule has 1 saturated carbocycles. The number of hydrogen-bond acceptors (Lipinski definition) is 7. The van der Waals surface area contributed by atoms with Crippen molar-refractivity contribution < 1.29 is 38.5 Å². The summed E-state index contributed by atoms with van der Waals surface area (Å²) >= 11 is 0. The second-order valence-corrected chi connectivity index (χ2v) is 10.3. The molecule has 0 aliphatic heterocycles. The number of carboxylic acids is 1. The van der Waals surface area contributed by atoms with Gasteiger partial charge in [0.2, 0.25) is 0 Å². The van der Waals surface area contributed by atoms with E-state index in [2.05, 4.69) is 0 Å². The number of carbonyl (C=O) groups excluding carboxylic acids is 3. The van der Waals surface area contributed by atoms with Crippen molar-refractivity contribution in [3.63, 3.8) is 0 Å². The number of carbonyl (C=O) groups is 4. The molecule has 0 spiro atoms. The topological polar surface area (TPSA) is 116 Å². The van der Waals surface area contributed by atoms with Crippen LogP contribution in [0, 0.1) is 41.4 Å². The van der Waals surface area contributed by atoms with Crippen LogP contribution < -0.4 is 0 Å². The predicted octanol–water partition coefficient (Wildman–Crippen LogP) is 4.10. The fraction of sp³-hybridized carbons (Fsp3) is 0.840. The van der Waals surface area contributed by atoms with Crippen LogP contribution in [0.5, 0.6) is 0 Å². The first kappa shape index (κ1) is 28.9. The Labute approximate surface area is 197 Å². The maximum Gasteiger partial charge on any atom is 0.309 e. The number of carboxylic acid groups (broad SMARTS) is 1. The summed E-state index contributed by atoms with van der Waals surface area (Å²) in [5.41, 5.74) is 0. The van der Waals surface area contributed by atoms with Crippen LogP contribution in [0.2, 0.25) is 0 Å². The molecular formula is C25H42O8. The van der Waals surface area contributed by atoms with Crippen molar-refractivity contribution in [2.75, 3.05) is 19.8 Å². The fourth-order valence-corrected chi connectivity index (χ4v) is 3.77.